The summed E-state index contributed by atoms with van der Waals surface area (Å²) in [6.45, 7) is 14.5. The Morgan fingerprint density at radius 1 is 0.846 bits per heavy atom. The van der Waals surface area contributed by atoms with Crippen LogP contribution in [-0.4, -0.2) is 111 Å². The number of nitrogens with zero attached hydrogens (tertiary/aromatic N) is 1. The Balaban J connectivity index is 2.54. The zero-order valence-electron chi connectivity index (χ0n) is 24.6. The summed E-state index contributed by atoms with van der Waals surface area (Å²) in [5.74, 6) is -1.90. The largest absolute Gasteiger partial charge is 0.379 e. The van der Waals surface area contributed by atoms with Gasteiger partial charge in [-0.25, -0.2) is 0 Å². The molecule has 1 aliphatic rings. The third-order valence-electron chi connectivity index (χ3n) is 6.18. The van der Waals surface area contributed by atoms with Crippen LogP contribution in [0.15, 0.2) is 0 Å². The number of rotatable bonds is 16. The highest BCUT2D eigenvalue weighted by molar-refractivity contribution is 5.97. The van der Waals surface area contributed by atoms with Gasteiger partial charge >= 0.3 is 0 Å². The van der Waals surface area contributed by atoms with Gasteiger partial charge in [-0.05, 0) is 47.1 Å². The van der Waals surface area contributed by atoms with Gasteiger partial charge in [0.05, 0.1) is 19.8 Å². The summed E-state index contributed by atoms with van der Waals surface area (Å²) in [4.78, 5) is 65.1. The molecule has 1 rings (SSSR count). The van der Waals surface area contributed by atoms with E-state index in [-0.39, 0.29) is 37.2 Å². The van der Waals surface area contributed by atoms with Gasteiger partial charge in [0.15, 0.2) is 0 Å². The van der Waals surface area contributed by atoms with Crippen LogP contribution in [0.3, 0.4) is 0 Å². The fourth-order valence-electron chi connectivity index (χ4n) is 3.83. The molecule has 13 nitrogen and oxygen atoms in total. The number of ether oxygens (including phenoxy) is 1. The number of likely N-dealkylation sites (N-methyl/N-ethyl adjacent to an activating group) is 1. The Hall–Kier alpha value is -2.77. The molecule has 0 bridgehead atoms. The van der Waals surface area contributed by atoms with Gasteiger partial charge in [-0.15, -0.1) is 0 Å². The van der Waals surface area contributed by atoms with Crippen LogP contribution < -0.4 is 31.9 Å². The highest BCUT2D eigenvalue weighted by Gasteiger charge is 2.38. The average Bonchev–Trinajstić information content (AvgIpc) is 2.83. The van der Waals surface area contributed by atoms with Gasteiger partial charge in [0.25, 0.3) is 0 Å². The Morgan fingerprint density at radius 2 is 1.46 bits per heavy atom. The van der Waals surface area contributed by atoms with E-state index in [0.29, 0.717) is 26.2 Å². The molecule has 0 aromatic heterocycles. The van der Waals surface area contributed by atoms with Crippen LogP contribution in [0.25, 0.3) is 0 Å². The fraction of sp³-hybridized carbons (Fsp3) is 0.808. The lowest BCUT2D eigenvalue weighted by Gasteiger charge is -2.33. The lowest BCUT2D eigenvalue weighted by Crippen LogP contribution is -2.64. The molecule has 6 N–H and O–H groups in total. The van der Waals surface area contributed by atoms with Gasteiger partial charge in [-0.3, -0.25) is 28.9 Å². The second kappa shape index (κ2) is 16.4. The molecule has 0 aromatic rings. The lowest BCUT2D eigenvalue weighted by molar-refractivity contribution is -0.138. The van der Waals surface area contributed by atoms with Crippen molar-refractivity contribution in [2.75, 3.05) is 59.5 Å². The molecule has 0 spiro atoms. The molecule has 1 heterocycles. The van der Waals surface area contributed by atoms with Gasteiger partial charge < -0.3 is 36.6 Å². The third-order valence-corrected chi connectivity index (χ3v) is 6.18. The SMILES string of the molecule is CNCC(=O)NC(CC(C)C)C(=O)NC(C)(C)C(=O)NC(C)(C)C(=O)NCCC(=O)NCCN1CCOCC1. The average molecular weight is 556 g/mol. The van der Waals surface area contributed by atoms with Crippen molar-refractivity contribution < 1.29 is 28.7 Å². The number of carbonyl (C=O) groups excluding carboxylic acids is 5. The Bertz CT molecular complexity index is 841. The molecule has 224 valence electrons. The normalized spacial score (nSPS) is 15.3. The summed E-state index contributed by atoms with van der Waals surface area (Å²) in [5, 5.41) is 16.3. The predicted molar refractivity (Wildman–Crippen MR) is 148 cm³/mol. The molecular formula is C26H49N7O6. The first kappa shape index (κ1) is 34.3. The lowest BCUT2D eigenvalue weighted by atomic mass is 9.97. The van der Waals surface area contributed by atoms with E-state index in [4.69, 9.17) is 4.74 Å². The molecule has 0 aromatic carbocycles. The van der Waals surface area contributed by atoms with Crippen molar-refractivity contribution in [3.8, 4) is 0 Å². The van der Waals surface area contributed by atoms with Crippen LogP contribution >= 0.6 is 0 Å². The van der Waals surface area contributed by atoms with Gasteiger partial charge in [0, 0.05) is 39.1 Å². The van der Waals surface area contributed by atoms with Crippen molar-refractivity contribution in [2.45, 2.75) is 71.5 Å². The Labute approximate surface area is 232 Å². The molecule has 1 saturated heterocycles. The van der Waals surface area contributed by atoms with Crippen LogP contribution in [0.1, 0.15) is 54.4 Å². The summed E-state index contributed by atoms with van der Waals surface area (Å²) >= 11 is 0. The van der Waals surface area contributed by atoms with Crippen molar-refractivity contribution in [3.05, 3.63) is 0 Å². The van der Waals surface area contributed by atoms with E-state index in [1.807, 2.05) is 13.8 Å². The van der Waals surface area contributed by atoms with E-state index in [1.54, 1.807) is 20.9 Å². The number of hydrogen-bond acceptors (Lipinski definition) is 8. The monoisotopic (exact) mass is 555 g/mol. The van der Waals surface area contributed by atoms with Crippen LogP contribution in [0.2, 0.25) is 0 Å². The maximum Gasteiger partial charge on any atom is 0.246 e. The minimum Gasteiger partial charge on any atom is -0.379 e. The number of nitrogens with one attached hydrogen (secondary N) is 6. The summed E-state index contributed by atoms with van der Waals surface area (Å²) < 4.78 is 5.30. The van der Waals surface area contributed by atoms with Crippen molar-refractivity contribution in [2.24, 2.45) is 5.92 Å². The molecule has 0 radical (unpaired) electrons. The second-order valence-electron chi connectivity index (χ2n) is 11.3. The Kier molecular flexibility index (Phi) is 14.4. The van der Waals surface area contributed by atoms with E-state index in [0.717, 1.165) is 19.6 Å². The number of amides is 5. The minimum absolute atomic E-state index is 0.0607. The first-order valence-corrected chi connectivity index (χ1v) is 13.6. The zero-order chi connectivity index (χ0) is 29.6. The van der Waals surface area contributed by atoms with E-state index in [9.17, 15) is 24.0 Å². The van der Waals surface area contributed by atoms with Gasteiger partial charge in [0.1, 0.15) is 17.1 Å². The molecule has 5 amide bonds. The van der Waals surface area contributed by atoms with Crippen LogP contribution in [0.5, 0.6) is 0 Å². The summed E-state index contributed by atoms with van der Waals surface area (Å²) in [7, 11) is 1.63. The first-order chi connectivity index (χ1) is 18.2. The Morgan fingerprint density at radius 3 is 2.05 bits per heavy atom. The van der Waals surface area contributed by atoms with E-state index >= 15 is 0 Å². The van der Waals surface area contributed by atoms with Gasteiger partial charge in [-0.1, -0.05) is 13.8 Å². The van der Waals surface area contributed by atoms with E-state index in [2.05, 4.69) is 36.8 Å². The molecule has 1 atom stereocenters. The molecular weight excluding hydrogens is 506 g/mol. The molecule has 39 heavy (non-hydrogen) atoms. The number of carbonyl (C=O) groups is 5. The van der Waals surface area contributed by atoms with Crippen LogP contribution in [-0.2, 0) is 28.7 Å². The van der Waals surface area contributed by atoms with Gasteiger partial charge in [0.2, 0.25) is 29.5 Å². The second-order valence-corrected chi connectivity index (χ2v) is 11.3. The van der Waals surface area contributed by atoms with Crippen LogP contribution in [0, 0.1) is 5.92 Å². The highest BCUT2D eigenvalue weighted by atomic mass is 16.5. The van der Waals surface area contributed by atoms with Crippen LogP contribution in [0.4, 0.5) is 0 Å². The topological polar surface area (TPSA) is 170 Å². The maximum absolute atomic E-state index is 13.0. The van der Waals surface area contributed by atoms with Gasteiger partial charge in [-0.2, -0.15) is 0 Å². The third kappa shape index (κ3) is 13.2. The molecule has 13 heteroatoms. The standard InChI is InChI=1S/C26H49N7O6/c1-18(2)16-19(30-21(35)17-27-7)22(36)31-26(5,6)24(38)32-25(3,4)23(37)29-9-8-20(34)28-10-11-33-12-14-39-15-13-33/h18-19,27H,8-17H2,1-7H3,(H,28,34)(H,29,37)(H,30,35)(H,31,36)(H,32,38). The predicted octanol–water partition coefficient (Wildman–Crippen LogP) is -1.52. The fourth-order valence-corrected chi connectivity index (χ4v) is 3.83. The smallest absolute Gasteiger partial charge is 0.246 e. The molecule has 0 aliphatic carbocycles. The van der Waals surface area contributed by atoms with E-state index in [1.165, 1.54) is 13.8 Å². The minimum atomic E-state index is -1.36. The van der Waals surface area contributed by atoms with Crippen molar-refractivity contribution in [1.82, 2.24) is 36.8 Å². The molecule has 1 aliphatic heterocycles. The quantitative estimate of drug-likeness (QED) is 0.133. The summed E-state index contributed by atoms with van der Waals surface area (Å²) in [6, 6.07) is -0.811. The number of hydrogen-bond donors (Lipinski definition) is 6. The van der Waals surface area contributed by atoms with Crippen molar-refractivity contribution in [3.63, 3.8) is 0 Å². The molecule has 0 saturated carbocycles. The molecule has 1 unspecified atom stereocenters. The highest BCUT2D eigenvalue weighted by Crippen LogP contribution is 2.11. The summed E-state index contributed by atoms with van der Waals surface area (Å²) in [6.07, 6.45) is 0.505. The van der Waals surface area contributed by atoms with E-state index < -0.39 is 34.8 Å². The molecule has 1 fully saturated rings. The van der Waals surface area contributed by atoms with Crippen molar-refractivity contribution in [1.29, 1.82) is 0 Å². The number of morpholine rings is 1. The zero-order valence-corrected chi connectivity index (χ0v) is 24.6. The van der Waals surface area contributed by atoms with Crippen molar-refractivity contribution >= 4 is 29.5 Å². The summed E-state index contributed by atoms with van der Waals surface area (Å²) in [5.41, 5.74) is -2.66. The maximum atomic E-state index is 13.0. The first-order valence-electron chi connectivity index (χ1n) is 13.6.